The lowest BCUT2D eigenvalue weighted by molar-refractivity contribution is -0.117. The number of nitrogens with one attached hydrogen (secondary N) is 3. The Labute approximate surface area is 68.2 Å². The van der Waals surface area contributed by atoms with Crippen LogP contribution in [0.25, 0.3) is 0 Å². The molecule has 0 rings (SSSR count). The Morgan fingerprint density at radius 1 is 1.42 bits per heavy atom. The first-order valence-corrected chi connectivity index (χ1v) is 2.93. The maximum atomic E-state index is 10.6. The molecule has 0 aliphatic rings. The fourth-order valence-corrected chi connectivity index (χ4v) is 0.348. The molecule has 12 heavy (non-hydrogen) atoms. The van der Waals surface area contributed by atoms with E-state index in [2.05, 4.69) is 4.74 Å². The molecule has 0 spiro atoms. The molecule has 3 N–H and O–H groups in total. The lowest BCUT2D eigenvalue weighted by Gasteiger charge is -2.02. The molecule has 0 aromatic carbocycles. The Morgan fingerprint density at radius 3 is 2.42 bits per heavy atom. The van der Waals surface area contributed by atoms with Gasteiger partial charge in [0.05, 0.1) is 7.11 Å². The minimum absolute atomic E-state index is 0.442. The molecule has 0 bridgehead atoms. The Hall–Kier alpha value is -1.79. The topological polar surface area (TPSA) is 108 Å². The van der Waals surface area contributed by atoms with Gasteiger partial charge in [-0.3, -0.25) is 10.5 Å². The van der Waals surface area contributed by atoms with Crippen LogP contribution < -0.4 is 16.4 Å². The van der Waals surface area contributed by atoms with Gasteiger partial charge in [-0.1, -0.05) is 0 Å². The molecule has 0 fully saturated rings. The Morgan fingerprint density at radius 2 is 2.00 bits per heavy atom. The molecular weight excluding hydrogens is 166 g/mol. The highest BCUT2D eigenvalue weighted by Gasteiger charge is 2.06. The Balaban J connectivity index is 3.60. The van der Waals surface area contributed by atoms with Crippen molar-refractivity contribution < 1.29 is 19.1 Å². The zero-order valence-corrected chi connectivity index (χ0v) is 6.34. The number of carbonyl (C=O) groups excluding carboxylic acids is 3. The second kappa shape index (κ2) is 4.94. The van der Waals surface area contributed by atoms with Gasteiger partial charge in [0.1, 0.15) is 6.54 Å². The molecule has 7 heteroatoms. The molecule has 67 valence electrons. The van der Waals surface area contributed by atoms with Crippen LogP contribution in [-0.2, 0) is 9.53 Å². The van der Waals surface area contributed by atoms with Gasteiger partial charge in [0.25, 0.3) is 5.91 Å². The van der Waals surface area contributed by atoms with Crippen LogP contribution in [0.5, 0.6) is 0 Å². The minimum atomic E-state index is -0.949. The van der Waals surface area contributed by atoms with E-state index in [1.807, 2.05) is 5.32 Å². The Bertz CT molecular complexity index is 203. The van der Waals surface area contributed by atoms with E-state index in [1.54, 1.807) is 5.32 Å². The standard InChI is InChI=1S/C5H8N3O4/c1-12-5(11)8-4(10)7-2-3(6)9/h6H,2H2,1H3,(H2,7,8,10,11). The summed E-state index contributed by atoms with van der Waals surface area (Å²) in [6, 6.07) is -0.873. The largest absolute Gasteiger partial charge is 0.453 e. The van der Waals surface area contributed by atoms with E-state index in [0.717, 1.165) is 7.11 Å². The maximum Gasteiger partial charge on any atom is 0.415 e. The number of methoxy groups -OCH3 is 1. The summed E-state index contributed by atoms with van der Waals surface area (Å²) >= 11 is 0. The summed E-state index contributed by atoms with van der Waals surface area (Å²) in [4.78, 5) is 30.9. The van der Waals surface area contributed by atoms with Gasteiger partial charge in [0.15, 0.2) is 0 Å². The van der Waals surface area contributed by atoms with Gasteiger partial charge in [-0.25, -0.2) is 14.9 Å². The summed E-state index contributed by atoms with van der Waals surface area (Å²) in [5.74, 6) is -0.949. The van der Waals surface area contributed by atoms with Crippen molar-refractivity contribution in [2.24, 2.45) is 0 Å². The number of alkyl carbamates (subject to hydrolysis) is 1. The van der Waals surface area contributed by atoms with E-state index in [-0.39, 0.29) is 0 Å². The normalized spacial score (nSPS) is 8.42. The molecule has 4 amide bonds. The highest BCUT2D eigenvalue weighted by Crippen LogP contribution is 1.71. The average Bonchev–Trinajstić information content (AvgIpc) is 2.00. The van der Waals surface area contributed by atoms with Crippen LogP contribution in [0, 0.1) is 0 Å². The molecule has 0 aromatic rings. The van der Waals surface area contributed by atoms with Crippen LogP contribution >= 0.6 is 0 Å². The maximum absolute atomic E-state index is 10.6. The number of imide groups is 1. The van der Waals surface area contributed by atoms with Gasteiger partial charge >= 0.3 is 12.1 Å². The molecule has 7 nitrogen and oxygen atoms in total. The number of amides is 4. The number of rotatable bonds is 2. The van der Waals surface area contributed by atoms with Gasteiger partial charge in [-0.15, -0.1) is 0 Å². The molecule has 1 radical (unpaired) electrons. The summed E-state index contributed by atoms with van der Waals surface area (Å²) in [6.07, 6.45) is -0.926. The first-order chi connectivity index (χ1) is 5.56. The highest BCUT2D eigenvalue weighted by atomic mass is 16.5. The summed E-state index contributed by atoms with van der Waals surface area (Å²) in [6.45, 7) is -0.442. The lowest BCUT2D eigenvalue weighted by atomic mass is 10.6. The SMILES string of the molecule is COC(=O)NC(=O)NCC([NH])=O. The van der Waals surface area contributed by atoms with Crippen molar-refractivity contribution in [1.82, 2.24) is 16.4 Å². The molecule has 0 heterocycles. The van der Waals surface area contributed by atoms with Crippen molar-refractivity contribution in [3.63, 3.8) is 0 Å². The van der Waals surface area contributed by atoms with Crippen LogP contribution in [0.3, 0.4) is 0 Å². The summed E-state index contributed by atoms with van der Waals surface area (Å²) < 4.78 is 4.08. The van der Waals surface area contributed by atoms with Gasteiger partial charge in [-0.2, -0.15) is 0 Å². The number of hydrogen-bond donors (Lipinski definition) is 2. The van der Waals surface area contributed by atoms with Crippen molar-refractivity contribution >= 4 is 18.0 Å². The molecule has 0 saturated heterocycles. The minimum Gasteiger partial charge on any atom is -0.453 e. The van der Waals surface area contributed by atoms with Crippen molar-refractivity contribution in [1.29, 1.82) is 0 Å². The predicted molar refractivity (Wildman–Crippen MR) is 37.0 cm³/mol. The predicted octanol–water partition coefficient (Wildman–Crippen LogP) is -1.14. The first-order valence-electron chi connectivity index (χ1n) is 2.93. The average molecular weight is 174 g/mol. The van der Waals surface area contributed by atoms with E-state index in [9.17, 15) is 14.4 Å². The van der Waals surface area contributed by atoms with Gasteiger partial charge in [0.2, 0.25) is 0 Å². The van der Waals surface area contributed by atoms with Crippen LogP contribution in [0.4, 0.5) is 9.59 Å². The zero-order valence-electron chi connectivity index (χ0n) is 6.34. The molecule has 0 aliphatic heterocycles. The quantitative estimate of drug-likeness (QED) is 0.551. The Kier molecular flexibility index (Phi) is 4.20. The number of ether oxygens (including phenoxy) is 1. The molecule has 0 saturated carbocycles. The first kappa shape index (κ1) is 10.2. The molecule has 0 unspecified atom stereocenters. The monoisotopic (exact) mass is 174 g/mol. The number of carbonyl (C=O) groups is 3. The molecule has 0 atom stereocenters. The van der Waals surface area contributed by atoms with E-state index >= 15 is 0 Å². The van der Waals surface area contributed by atoms with Crippen LogP contribution in [0.2, 0.25) is 0 Å². The summed E-state index contributed by atoms with van der Waals surface area (Å²) in [5, 5.41) is 3.70. The smallest absolute Gasteiger partial charge is 0.415 e. The highest BCUT2D eigenvalue weighted by molar-refractivity contribution is 5.92. The van der Waals surface area contributed by atoms with Crippen LogP contribution in [-0.4, -0.2) is 31.7 Å². The fourth-order valence-electron chi connectivity index (χ4n) is 0.348. The molecule has 0 aromatic heterocycles. The van der Waals surface area contributed by atoms with E-state index in [1.165, 1.54) is 0 Å². The van der Waals surface area contributed by atoms with Crippen molar-refractivity contribution in [2.45, 2.75) is 0 Å². The van der Waals surface area contributed by atoms with E-state index < -0.39 is 24.6 Å². The number of hydrogen-bond acceptors (Lipinski definition) is 4. The van der Waals surface area contributed by atoms with Crippen LogP contribution in [0.15, 0.2) is 0 Å². The lowest BCUT2D eigenvalue weighted by Crippen LogP contribution is -2.41. The second-order valence-corrected chi connectivity index (χ2v) is 1.72. The van der Waals surface area contributed by atoms with Crippen LogP contribution in [0.1, 0.15) is 0 Å². The van der Waals surface area contributed by atoms with E-state index in [4.69, 9.17) is 5.73 Å². The third-order valence-electron chi connectivity index (χ3n) is 0.810. The van der Waals surface area contributed by atoms with Crippen molar-refractivity contribution in [3.8, 4) is 0 Å². The summed E-state index contributed by atoms with van der Waals surface area (Å²) in [5.41, 5.74) is 6.40. The van der Waals surface area contributed by atoms with Gasteiger partial charge < -0.3 is 10.1 Å². The van der Waals surface area contributed by atoms with Gasteiger partial charge in [-0.05, 0) is 0 Å². The van der Waals surface area contributed by atoms with Crippen molar-refractivity contribution in [2.75, 3.05) is 13.7 Å². The van der Waals surface area contributed by atoms with E-state index in [0.29, 0.717) is 0 Å². The van der Waals surface area contributed by atoms with Crippen molar-refractivity contribution in [3.05, 3.63) is 0 Å². The zero-order chi connectivity index (χ0) is 9.56. The summed E-state index contributed by atoms with van der Waals surface area (Å²) in [7, 11) is 1.10. The number of urea groups is 1. The second-order valence-electron chi connectivity index (χ2n) is 1.72. The molecular formula is C5H8N3O4. The molecule has 0 aliphatic carbocycles. The van der Waals surface area contributed by atoms with Gasteiger partial charge in [0, 0.05) is 0 Å². The fraction of sp³-hybridized carbons (Fsp3) is 0.400. The third-order valence-corrected chi connectivity index (χ3v) is 0.810. The third kappa shape index (κ3) is 5.03.